The van der Waals surface area contributed by atoms with Gasteiger partial charge < -0.3 is 9.47 Å². The largest absolute Gasteiger partial charge is 0.463 e. The van der Waals surface area contributed by atoms with Gasteiger partial charge in [-0.05, 0) is 20.8 Å². The Labute approximate surface area is 78.2 Å². The number of ether oxygens (including phenoxy) is 2. The molecule has 0 aliphatic heterocycles. The first-order valence-electron chi connectivity index (χ1n) is 4.33. The fourth-order valence-corrected chi connectivity index (χ4v) is 0.703. The van der Waals surface area contributed by atoms with E-state index < -0.39 is 17.5 Å². The number of carbonyl (C=O) groups is 2. The van der Waals surface area contributed by atoms with Gasteiger partial charge in [-0.3, -0.25) is 4.79 Å². The first-order valence-corrected chi connectivity index (χ1v) is 4.33. The molecule has 0 aromatic carbocycles. The molecule has 0 fully saturated rings. The quantitative estimate of drug-likeness (QED) is 0.623. The lowest BCUT2D eigenvalue weighted by Gasteiger charge is -2.22. The highest BCUT2D eigenvalue weighted by atomic mass is 16.6. The van der Waals surface area contributed by atoms with Crippen LogP contribution in [0.2, 0.25) is 0 Å². The Bertz CT molecular complexity index is 196. The fraction of sp³-hybridized carbons (Fsp3) is 0.778. The van der Waals surface area contributed by atoms with E-state index >= 15 is 0 Å². The molecule has 0 N–H and O–H groups in total. The molecule has 0 aliphatic rings. The van der Waals surface area contributed by atoms with Gasteiger partial charge in [0.15, 0.2) is 0 Å². The van der Waals surface area contributed by atoms with Gasteiger partial charge in [0.25, 0.3) is 0 Å². The normalized spacial score (nSPS) is 10.8. The second kappa shape index (κ2) is 4.84. The molecule has 0 rings (SSSR count). The Kier molecular flexibility index (Phi) is 4.45. The van der Waals surface area contributed by atoms with Crippen LogP contribution in [0.4, 0.5) is 0 Å². The minimum atomic E-state index is -1.18. The number of hydrogen-bond acceptors (Lipinski definition) is 4. The predicted molar refractivity (Wildman–Crippen MR) is 47.1 cm³/mol. The van der Waals surface area contributed by atoms with Crippen LogP contribution in [0, 0.1) is 0 Å². The zero-order valence-corrected chi connectivity index (χ0v) is 8.55. The topological polar surface area (TPSA) is 52.6 Å². The summed E-state index contributed by atoms with van der Waals surface area (Å²) in [6.07, 6.45) is 0.253. The van der Waals surface area contributed by atoms with E-state index in [-0.39, 0.29) is 13.0 Å². The van der Waals surface area contributed by atoms with Crippen LogP contribution in [0.15, 0.2) is 0 Å². The molecule has 4 heteroatoms. The lowest BCUT2D eigenvalue weighted by atomic mass is 10.1. The average molecular weight is 188 g/mol. The SMILES string of the molecule is CCOC(=O)C(C)(C)OC(=O)CC. The second-order valence-corrected chi connectivity index (χ2v) is 3.06. The van der Waals surface area contributed by atoms with E-state index in [0.717, 1.165) is 0 Å². The highest BCUT2D eigenvalue weighted by molar-refractivity contribution is 5.82. The molecule has 0 saturated heterocycles. The van der Waals surface area contributed by atoms with E-state index in [2.05, 4.69) is 0 Å². The van der Waals surface area contributed by atoms with Crippen molar-refractivity contribution in [3.8, 4) is 0 Å². The fourth-order valence-electron chi connectivity index (χ4n) is 0.703. The maximum Gasteiger partial charge on any atom is 0.349 e. The minimum absolute atomic E-state index is 0.253. The van der Waals surface area contributed by atoms with Gasteiger partial charge in [-0.25, -0.2) is 4.79 Å². The standard InChI is InChI=1S/C9H16O4/c1-5-7(10)13-9(3,4)8(11)12-6-2/h5-6H2,1-4H3. The second-order valence-electron chi connectivity index (χ2n) is 3.06. The zero-order valence-electron chi connectivity index (χ0n) is 8.55. The monoisotopic (exact) mass is 188 g/mol. The van der Waals surface area contributed by atoms with Crippen molar-refractivity contribution in [2.45, 2.75) is 39.7 Å². The van der Waals surface area contributed by atoms with Crippen molar-refractivity contribution in [3.63, 3.8) is 0 Å². The molecule has 0 amide bonds. The molecule has 4 nitrogen and oxygen atoms in total. The third-order valence-electron chi connectivity index (χ3n) is 1.42. The molecule has 0 spiro atoms. The number of carbonyl (C=O) groups excluding carboxylic acids is 2. The maximum absolute atomic E-state index is 11.2. The van der Waals surface area contributed by atoms with Crippen LogP contribution < -0.4 is 0 Å². The molecule has 0 aromatic rings. The van der Waals surface area contributed by atoms with Crippen molar-refractivity contribution < 1.29 is 19.1 Å². The summed E-state index contributed by atoms with van der Waals surface area (Å²) in [6, 6.07) is 0. The summed E-state index contributed by atoms with van der Waals surface area (Å²) >= 11 is 0. The Morgan fingerprint density at radius 1 is 1.23 bits per heavy atom. The zero-order chi connectivity index (χ0) is 10.5. The van der Waals surface area contributed by atoms with Gasteiger partial charge in [-0.15, -0.1) is 0 Å². The van der Waals surface area contributed by atoms with Gasteiger partial charge in [0.2, 0.25) is 5.60 Å². The van der Waals surface area contributed by atoms with Crippen LogP contribution in [0.5, 0.6) is 0 Å². The van der Waals surface area contributed by atoms with Crippen molar-refractivity contribution in [2.75, 3.05) is 6.61 Å². The van der Waals surface area contributed by atoms with E-state index in [4.69, 9.17) is 9.47 Å². The first-order chi connectivity index (χ1) is 5.94. The molecule has 0 heterocycles. The van der Waals surface area contributed by atoms with Gasteiger partial charge in [-0.2, -0.15) is 0 Å². The molecular weight excluding hydrogens is 172 g/mol. The third-order valence-corrected chi connectivity index (χ3v) is 1.42. The van der Waals surface area contributed by atoms with Gasteiger partial charge in [0.1, 0.15) is 0 Å². The lowest BCUT2D eigenvalue weighted by molar-refractivity contribution is -0.178. The molecule has 0 atom stereocenters. The summed E-state index contributed by atoms with van der Waals surface area (Å²) in [5, 5.41) is 0. The van der Waals surface area contributed by atoms with Gasteiger partial charge in [0.05, 0.1) is 6.61 Å². The maximum atomic E-state index is 11.2. The smallest absolute Gasteiger partial charge is 0.349 e. The Hall–Kier alpha value is -1.06. The van der Waals surface area contributed by atoms with E-state index in [0.29, 0.717) is 0 Å². The number of rotatable bonds is 4. The number of hydrogen-bond donors (Lipinski definition) is 0. The summed E-state index contributed by atoms with van der Waals surface area (Å²) in [5.74, 6) is -0.921. The van der Waals surface area contributed by atoms with E-state index in [1.54, 1.807) is 13.8 Å². The Morgan fingerprint density at radius 3 is 2.15 bits per heavy atom. The summed E-state index contributed by atoms with van der Waals surface area (Å²) < 4.78 is 9.62. The highest BCUT2D eigenvalue weighted by Gasteiger charge is 2.32. The molecule has 0 saturated carbocycles. The van der Waals surface area contributed by atoms with Gasteiger partial charge in [0, 0.05) is 6.42 Å². The molecule has 0 unspecified atom stereocenters. The molecule has 76 valence electrons. The third kappa shape index (κ3) is 3.92. The highest BCUT2D eigenvalue weighted by Crippen LogP contribution is 2.12. The van der Waals surface area contributed by atoms with Crippen molar-refractivity contribution in [1.29, 1.82) is 0 Å². The Morgan fingerprint density at radius 2 is 1.77 bits per heavy atom. The predicted octanol–water partition coefficient (Wildman–Crippen LogP) is 1.28. The van der Waals surface area contributed by atoms with Crippen LogP contribution in [-0.4, -0.2) is 24.1 Å². The molecule has 13 heavy (non-hydrogen) atoms. The minimum Gasteiger partial charge on any atom is -0.463 e. The first kappa shape index (κ1) is 11.9. The van der Waals surface area contributed by atoms with Crippen LogP contribution in [-0.2, 0) is 19.1 Å². The molecule has 0 aliphatic carbocycles. The summed E-state index contributed by atoms with van der Waals surface area (Å²) in [6.45, 7) is 6.68. The molecule has 0 bridgehead atoms. The van der Waals surface area contributed by atoms with Crippen molar-refractivity contribution in [3.05, 3.63) is 0 Å². The van der Waals surface area contributed by atoms with E-state index in [9.17, 15) is 9.59 Å². The molecular formula is C9H16O4. The van der Waals surface area contributed by atoms with Crippen LogP contribution in [0.25, 0.3) is 0 Å². The van der Waals surface area contributed by atoms with Crippen LogP contribution in [0.1, 0.15) is 34.1 Å². The van der Waals surface area contributed by atoms with Crippen molar-refractivity contribution in [2.24, 2.45) is 0 Å². The average Bonchev–Trinajstić information content (AvgIpc) is 2.04. The van der Waals surface area contributed by atoms with Crippen LogP contribution in [0.3, 0.4) is 0 Å². The van der Waals surface area contributed by atoms with E-state index in [1.807, 2.05) is 0 Å². The summed E-state index contributed by atoms with van der Waals surface area (Å²) in [4.78, 5) is 22.1. The van der Waals surface area contributed by atoms with Gasteiger partial charge in [-0.1, -0.05) is 6.92 Å². The lowest BCUT2D eigenvalue weighted by Crippen LogP contribution is -2.38. The molecule has 0 aromatic heterocycles. The van der Waals surface area contributed by atoms with Crippen molar-refractivity contribution >= 4 is 11.9 Å². The van der Waals surface area contributed by atoms with Crippen molar-refractivity contribution in [1.82, 2.24) is 0 Å². The van der Waals surface area contributed by atoms with Gasteiger partial charge >= 0.3 is 11.9 Å². The summed E-state index contributed by atoms with van der Waals surface area (Å²) in [5.41, 5.74) is -1.18. The molecule has 0 radical (unpaired) electrons. The summed E-state index contributed by atoms with van der Waals surface area (Å²) in [7, 11) is 0. The Balaban J connectivity index is 4.21. The van der Waals surface area contributed by atoms with E-state index in [1.165, 1.54) is 13.8 Å². The number of esters is 2. The van der Waals surface area contributed by atoms with Crippen LogP contribution >= 0.6 is 0 Å².